The number of alkyl carbamates (subject to hydrolysis) is 1. The van der Waals surface area contributed by atoms with Gasteiger partial charge >= 0.3 is 47.9 Å². The molecule has 672 valence electrons. The average Bonchev–Trinajstić information content (AvgIpc) is 0.760. The topological polar surface area (TPSA) is 305 Å². The summed E-state index contributed by atoms with van der Waals surface area (Å²) in [6.45, 7) is 9.32. The van der Waals surface area contributed by atoms with Crippen molar-refractivity contribution in [2.75, 3.05) is 26.4 Å². The Morgan fingerprint density at radius 1 is 0.333 bits per heavy atom. The van der Waals surface area contributed by atoms with Crippen molar-refractivity contribution in [3.05, 3.63) is 371 Å². The SMILES string of the molecule is CC(C)(C)OC(=O)N/C(=C/C[C@H]1O[C@H](COC(=O)c2ccccc2)[C@@H](O[C@@H]2O[C@H](COC(=O)c3ccccc3)[C@H](O[C@H]3O[C@H](COCc4ccccc4)[C@H](OCc4ccccc4)[C@H](OCc4ccccc4)[C@H]3OCc3ccccc3)[C@H](OC(=O)c3ccccc3)[C@H]2OC(=O)c2ccccc2)[C@H](OC(=O)c2ccccc2)[C@H]1OC(=O)c1ccccc1)C(=O)OCC[Si](C)(C)C. The summed E-state index contributed by atoms with van der Waals surface area (Å²) in [6, 6.07) is 85.4. The lowest BCUT2D eigenvalue weighted by Gasteiger charge is -2.51. The van der Waals surface area contributed by atoms with Crippen LogP contribution in [0.5, 0.6) is 0 Å². The van der Waals surface area contributed by atoms with Crippen molar-refractivity contribution >= 4 is 56.0 Å². The monoisotopic (exact) mass is 1770 g/mol. The fraction of sp³-hybridized carbons (Fsp3) is 0.314. The predicted molar refractivity (Wildman–Crippen MR) is 474 cm³/mol. The molecule has 27 heteroatoms. The van der Waals surface area contributed by atoms with Gasteiger partial charge in [0.05, 0.1) is 73.0 Å². The van der Waals surface area contributed by atoms with Gasteiger partial charge < -0.3 is 80.5 Å². The van der Waals surface area contributed by atoms with Gasteiger partial charge in [0.15, 0.2) is 37.0 Å². The van der Waals surface area contributed by atoms with Crippen LogP contribution >= 0.6 is 0 Å². The molecule has 0 unspecified atom stereocenters. The first-order valence-corrected chi connectivity index (χ1v) is 46.4. The summed E-state index contributed by atoms with van der Waals surface area (Å²) in [5, 5.41) is 2.54. The first kappa shape index (κ1) is 94.0. The standard InChI is InChI=1S/C102H105NO25Si/c1-102(2,3)128-101(111)103-78(98(110)113-59-60-129(4,5)6)57-58-79-84(122-94(106)74-49-29-13-30-50-74)88(123-95(107)75-51-31-14-32-52-75)85(81(119-79)66-117-92(104)72-45-25-11-26-46-72)127-100-91(125-97(109)77-55-35-16-36-56-77)89(124-96(108)76-53-33-15-34-54-76)86(82(121-100)67-118-93(105)73-47-27-12-28-48-73)126-99-90(116-64-71-43-23-10-24-44-71)87(115-63-70-41-21-9-22-42-70)83(114-62-69-39-19-8-20-40-69)80(120-99)65-112-61-68-37-17-7-18-38-68/h7-57,79-91,99-100H,58-67H2,1-6H3,(H,103,111)/b78-57+/t79-,80-,81-,82-,83+,84+,85-,86+,87+,88-,89+,90-,91-,99-,100+/m1/s1. The predicted octanol–water partition coefficient (Wildman–Crippen LogP) is 16.2. The third-order valence-corrected chi connectivity index (χ3v) is 22.7. The smallest absolute Gasteiger partial charge is 0.412 e. The van der Waals surface area contributed by atoms with Gasteiger partial charge in [-0.15, -0.1) is 0 Å². The number of esters is 7. The summed E-state index contributed by atoms with van der Waals surface area (Å²) < 4.78 is 116. The van der Waals surface area contributed by atoms with Crippen molar-refractivity contribution in [1.82, 2.24) is 5.32 Å². The van der Waals surface area contributed by atoms with Crippen LogP contribution in [0, 0.1) is 0 Å². The molecule has 3 aliphatic heterocycles. The second-order valence-electron chi connectivity index (χ2n) is 33.1. The molecule has 0 spiro atoms. The Morgan fingerprint density at radius 2 is 0.651 bits per heavy atom. The van der Waals surface area contributed by atoms with Crippen molar-refractivity contribution < 1.29 is 119 Å². The number of hydrogen-bond donors (Lipinski definition) is 1. The second-order valence-corrected chi connectivity index (χ2v) is 38.7. The van der Waals surface area contributed by atoms with E-state index in [1.54, 1.807) is 130 Å². The molecule has 10 aromatic rings. The highest BCUT2D eigenvalue weighted by molar-refractivity contribution is 6.76. The number of carbonyl (C=O) groups excluding carboxylic acids is 8. The highest BCUT2D eigenvalue weighted by Crippen LogP contribution is 2.41. The van der Waals surface area contributed by atoms with Crippen LogP contribution in [0.25, 0.3) is 0 Å². The van der Waals surface area contributed by atoms with Gasteiger partial charge in [-0.3, -0.25) is 5.32 Å². The molecule has 1 N–H and O–H groups in total. The lowest BCUT2D eigenvalue weighted by molar-refractivity contribution is -0.378. The van der Waals surface area contributed by atoms with Crippen molar-refractivity contribution in [2.24, 2.45) is 0 Å². The fourth-order valence-electron chi connectivity index (χ4n) is 14.5. The molecule has 15 atom stereocenters. The van der Waals surface area contributed by atoms with Crippen molar-refractivity contribution in [1.29, 1.82) is 0 Å². The van der Waals surface area contributed by atoms with E-state index in [0.717, 1.165) is 16.7 Å². The summed E-state index contributed by atoms with van der Waals surface area (Å²) in [6.07, 6.45) is -26.2. The van der Waals surface area contributed by atoms with E-state index in [-0.39, 0.29) is 73.0 Å². The van der Waals surface area contributed by atoms with Crippen LogP contribution in [0.4, 0.5) is 4.79 Å². The highest BCUT2D eigenvalue weighted by atomic mass is 28.3. The molecule has 26 nitrogen and oxygen atoms in total. The number of amides is 1. The largest absolute Gasteiger partial charge is 0.461 e. The first-order valence-electron chi connectivity index (χ1n) is 42.7. The molecule has 0 saturated carbocycles. The Kier molecular flexibility index (Phi) is 33.8. The van der Waals surface area contributed by atoms with E-state index < -0.39 is 179 Å². The quantitative estimate of drug-likeness (QED) is 0.0163. The van der Waals surface area contributed by atoms with Crippen LogP contribution < -0.4 is 5.32 Å². The molecule has 0 radical (unpaired) electrons. The Hall–Kier alpha value is -12.6. The summed E-state index contributed by atoms with van der Waals surface area (Å²) in [7, 11) is -1.85. The summed E-state index contributed by atoms with van der Waals surface area (Å²) in [4.78, 5) is 120. The van der Waals surface area contributed by atoms with E-state index in [1.807, 2.05) is 121 Å². The minimum absolute atomic E-state index is 0.00920. The molecule has 3 fully saturated rings. The minimum atomic E-state index is -2.22. The van der Waals surface area contributed by atoms with Crippen molar-refractivity contribution in [3.63, 3.8) is 0 Å². The number of carbonyl (C=O) groups is 8. The van der Waals surface area contributed by atoms with Gasteiger partial charge in [0, 0.05) is 8.07 Å². The van der Waals surface area contributed by atoms with Gasteiger partial charge in [0.2, 0.25) is 0 Å². The molecule has 13 rings (SSSR count). The lowest BCUT2D eigenvalue weighted by Crippen LogP contribution is -2.68. The third kappa shape index (κ3) is 27.7. The highest BCUT2D eigenvalue weighted by Gasteiger charge is 2.60. The van der Waals surface area contributed by atoms with E-state index in [4.69, 9.17) is 80.5 Å². The zero-order valence-corrected chi connectivity index (χ0v) is 73.4. The van der Waals surface area contributed by atoms with E-state index in [9.17, 15) is 19.2 Å². The Labute approximate surface area is 750 Å². The maximum absolute atomic E-state index is 15.8. The average molecular weight is 1770 g/mol. The maximum atomic E-state index is 15.8. The van der Waals surface area contributed by atoms with Crippen molar-refractivity contribution in [3.8, 4) is 0 Å². The number of rotatable bonds is 38. The van der Waals surface area contributed by atoms with Crippen LogP contribution in [-0.4, -0.2) is 180 Å². The molecular weight excluding hydrogens is 1670 g/mol. The molecule has 3 saturated heterocycles. The van der Waals surface area contributed by atoms with Crippen LogP contribution in [0.1, 0.15) is 112 Å². The Bertz CT molecular complexity index is 5260. The molecule has 3 aliphatic rings. The molecule has 0 aromatic heterocycles. The van der Waals surface area contributed by atoms with Crippen LogP contribution in [0.2, 0.25) is 25.7 Å². The number of hydrogen-bond acceptors (Lipinski definition) is 25. The number of ether oxygens (including phenoxy) is 17. The molecule has 3 heterocycles. The van der Waals surface area contributed by atoms with Gasteiger partial charge in [0.1, 0.15) is 79.4 Å². The fourth-order valence-corrected chi connectivity index (χ4v) is 15.2. The van der Waals surface area contributed by atoms with E-state index in [2.05, 4.69) is 25.0 Å². The maximum Gasteiger partial charge on any atom is 0.412 e. The zero-order chi connectivity index (χ0) is 90.5. The Morgan fingerprint density at radius 3 is 1.04 bits per heavy atom. The number of nitrogens with one attached hydrogen (secondary N) is 1. The van der Waals surface area contributed by atoms with Crippen LogP contribution in [0.15, 0.2) is 315 Å². The van der Waals surface area contributed by atoms with E-state index in [0.29, 0.717) is 11.6 Å². The zero-order valence-electron chi connectivity index (χ0n) is 72.4. The first-order chi connectivity index (χ1) is 62.5. The molecule has 129 heavy (non-hydrogen) atoms. The van der Waals surface area contributed by atoms with Crippen LogP contribution in [0.3, 0.4) is 0 Å². The Balaban J connectivity index is 1.01. The van der Waals surface area contributed by atoms with Gasteiger partial charge in [-0.2, -0.15) is 0 Å². The second kappa shape index (κ2) is 46.4. The lowest BCUT2D eigenvalue weighted by atomic mass is 9.91. The molecule has 0 aliphatic carbocycles. The molecule has 0 bridgehead atoms. The number of benzene rings is 10. The summed E-state index contributed by atoms with van der Waals surface area (Å²) in [5.41, 5.74) is 1.65. The normalized spacial score (nSPS) is 22.2. The van der Waals surface area contributed by atoms with Gasteiger partial charge in [-0.1, -0.05) is 256 Å². The van der Waals surface area contributed by atoms with Gasteiger partial charge in [0.25, 0.3) is 0 Å². The molecular formula is C102H105NO25Si. The van der Waals surface area contributed by atoms with E-state index in [1.165, 1.54) is 78.9 Å². The summed E-state index contributed by atoms with van der Waals surface area (Å²) >= 11 is 0. The van der Waals surface area contributed by atoms with Crippen LogP contribution in [-0.2, 0) is 112 Å². The molecule has 1 amide bonds. The van der Waals surface area contributed by atoms with Gasteiger partial charge in [-0.05, 0) is 128 Å². The third-order valence-electron chi connectivity index (χ3n) is 21.0. The minimum Gasteiger partial charge on any atom is -0.461 e. The summed E-state index contributed by atoms with van der Waals surface area (Å²) in [5.74, 6) is -6.92. The molecule has 10 aromatic carbocycles. The van der Waals surface area contributed by atoms with Crippen molar-refractivity contribution in [2.45, 2.75) is 177 Å². The van der Waals surface area contributed by atoms with Gasteiger partial charge in [-0.25, -0.2) is 38.4 Å². The van der Waals surface area contributed by atoms with E-state index >= 15 is 19.2 Å².